The Hall–Kier alpha value is -0.120. The maximum absolute atomic E-state index is 6.60. The molecule has 4 aliphatic carbocycles. The molecule has 0 radical (unpaired) electrons. The van der Waals surface area contributed by atoms with E-state index in [1.165, 1.54) is 38.5 Å². The molecule has 6 aliphatic rings. The van der Waals surface area contributed by atoms with E-state index in [2.05, 4.69) is 13.8 Å². The molecule has 0 N–H and O–H groups in total. The van der Waals surface area contributed by atoms with Crippen molar-refractivity contribution < 1.29 is 14.2 Å². The minimum Gasteiger partial charge on any atom is -0.376 e. The first-order chi connectivity index (χ1) is 9.50. The van der Waals surface area contributed by atoms with Gasteiger partial charge < -0.3 is 14.2 Å². The summed E-state index contributed by atoms with van der Waals surface area (Å²) >= 11 is 0. The molecular weight excluding hydrogens is 252 g/mol. The molecule has 0 aromatic carbocycles. The lowest BCUT2D eigenvalue weighted by Gasteiger charge is -2.62. The SMILES string of the molecule is CC1(C)O[C@@H]2COC[C@]2(C23CC4CC(CC(C4)C2)C3)O1. The van der Waals surface area contributed by atoms with Gasteiger partial charge in [0.2, 0.25) is 0 Å². The van der Waals surface area contributed by atoms with Gasteiger partial charge in [0, 0.05) is 5.41 Å². The van der Waals surface area contributed by atoms with E-state index in [0.717, 1.165) is 31.0 Å². The number of fused-ring (bicyclic) bond motifs is 1. The summed E-state index contributed by atoms with van der Waals surface area (Å²) in [6.45, 7) is 5.64. The van der Waals surface area contributed by atoms with Gasteiger partial charge in [0.1, 0.15) is 11.7 Å². The van der Waals surface area contributed by atoms with E-state index < -0.39 is 5.79 Å². The van der Waals surface area contributed by atoms with Crippen molar-refractivity contribution in [3.8, 4) is 0 Å². The lowest BCUT2D eigenvalue weighted by molar-refractivity contribution is -0.235. The Bertz CT molecular complexity index is 408. The van der Waals surface area contributed by atoms with Gasteiger partial charge in [-0.2, -0.15) is 0 Å². The largest absolute Gasteiger partial charge is 0.376 e. The third-order valence-corrected chi connectivity index (χ3v) is 6.90. The second-order valence-electron chi connectivity index (χ2n) is 8.71. The number of hydrogen-bond donors (Lipinski definition) is 0. The van der Waals surface area contributed by atoms with Crippen LogP contribution in [0.2, 0.25) is 0 Å². The zero-order valence-corrected chi connectivity index (χ0v) is 12.7. The van der Waals surface area contributed by atoms with Gasteiger partial charge in [-0.15, -0.1) is 0 Å². The highest BCUT2D eigenvalue weighted by Crippen LogP contribution is 2.67. The molecule has 2 heterocycles. The fraction of sp³-hybridized carbons (Fsp3) is 1.00. The average Bonchev–Trinajstić information content (AvgIpc) is 2.80. The minimum atomic E-state index is -0.433. The minimum absolute atomic E-state index is 0.146. The topological polar surface area (TPSA) is 27.7 Å². The second kappa shape index (κ2) is 3.61. The molecule has 6 rings (SSSR count). The highest BCUT2D eigenvalue weighted by Gasteiger charge is 2.70. The van der Waals surface area contributed by atoms with Crippen LogP contribution in [0.3, 0.4) is 0 Å². The van der Waals surface area contributed by atoms with Gasteiger partial charge in [-0.05, 0) is 70.1 Å². The first-order valence-corrected chi connectivity index (χ1v) is 8.46. The lowest BCUT2D eigenvalue weighted by Crippen LogP contribution is -2.62. The first-order valence-electron chi connectivity index (χ1n) is 8.46. The van der Waals surface area contributed by atoms with E-state index in [1.807, 2.05) is 0 Å². The van der Waals surface area contributed by atoms with Crippen LogP contribution in [0.1, 0.15) is 52.4 Å². The summed E-state index contributed by atoms with van der Waals surface area (Å²) < 4.78 is 18.7. The molecule has 4 saturated carbocycles. The predicted octanol–water partition coefficient (Wildman–Crippen LogP) is 3.12. The van der Waals surface area contributed by atoms with Crippen LogP contribution in [0.25, 0.3) is 0 Å². The van der Waals surface area contributed by atoms with Crippen LogP contribution in [-0.2, 0) is 14.2 Å². The number of hydrogen-bond acceptors (Lipinski definition) is 3. The van der Waals surface area contributed by atoms with Crippen LogP contribution in [0.5, 0.6) is 0 Å². The molecule has 20 heavy (non-hydrogen) atoms. The first kappa shape index (κ1) is 12.4. The molecule has 2 saturated heterocycles. The summed E-state index contributed by atoms with van der Waals surface area (Å²) in [5.74, 6) is 2.41. The molecule has 2 aliphatic heterocycles. The molecule has 6 fully saturated rings. The molecule has 3 heteroatoms. The van der Waals surface area contributed by atoms with Crippen LogP contribution in [0, 0.1) is 23.2 Å². The Labute approximate surface area is 121 Å². The Balaban J connectivity index is 1.58. The van der Waals surface area contributed by atoms with Crippen LogP contribution in [0.15, 0.2) is 0 Å². The van der Waals surface area contributed by atoms with E-state index in [-0.39, 0.29) is 11.7 Å². The van der Waals surface area contributed by atoms with E-state index in [9.17, 15) is 0 Å². The molecule has 112 valence electrons. The normalized spacial score (nSPS) is 59.1. The van der Waals surface area contributed by atoms with Crippen LogP contribution in [0.4, 0.5) is 0 Å². The summed E-state index contributed by atoms with van der Waals surface area (Å²) in [6, 6.07) is 0. The zero-order chi connectivity index (χ0) is 13.6. The van der Waals surface area contributed by atoms with Crippen molar-refractivity contribution in [2.75, 3.05) is 13.2 Å². The molecule has 4 bridgehead atoms. The molecular formula is C17H26O3. The lowest BCUT2D eigenvalue weighted by atomic mass is 9.45. The Morgan fingerprint density at radius 1 is 0.900 bits per heavy atom. The zero-order valence-electron chi connectivity index (χ0n) is 12.7. The Morgan fingerprint density at radius 3 is 2.10 bits per heavy atom. The maximum atomic E-state index is 6.60. The molecule has 0 amide bonds. The Kier molecular flexibility index (Phi) is 2.24. The smallest absolute Gasteiger partial charge is 0.164 e. The molecule has 3 nitrogen and oxygen atoms in total. The monoisotopic (exact) mass is 278 g/mol. The van der Waals surface area contributed by atoms with Gasteiger partial charge in [-0.1, -0.05) is 0 Å². The van der Waals surface area contributed by atoms with Crippen molar-refractivity contribution in [3.63, 3.8) is 0 Å². The summed E-state index contributed by atoms with van der Waals surface area (Å²) in [4.78, 5) is 0. The maximum Gasteiger partial charge on any atom is 0.164 e. The van der Waals surface area contributed by atoms with Crippen molar-refractivity contribution in [2.24, 2.45) is 23.2 Å². The second-order valence-corrected chi connectivity index (χ2v) is 8.71. The average molecular weight is 278 g/mol. The molecule has 2 atom stereocenters. The fourth-order valence-electron chi connectivity index (χ4n) is 6.81. The van der Waals surface area contributed by atoms with Crippen LogP contribution >= 0.6 is 0 Å². The van der Waals surface area contributed by atoms with Crippen molar-refractivity contribution >= 4 is 0 Å². The van der Waals surface area contributed by atoms with Gasteiger partial charge in [0.25, 0.3) is 0 Å². The molecule has 0 spiro atoms. The van der Waals surface area contributed by atoms with E-state index in [4.69, 9.17) is 14.2 Å². The molecule has 0 aromatic heterocycles. The highest BCUT2D eigenvalue weighted by atomic mass is 16.8. The van der Waals surface area contributed by atoms with Crippen molar-refractivity contribution in [3.05, 3.63) is 0 Å². The molecule has 0 unspecified atom stereocenters. The van der Waals surface area contributed by atoms with Crippen LogP contribution in [-0.4, -0.2) is 30.7 Å². The highest BCUT2D eigenvalue weighted by molar-refractivity contribution is 5.17. The summed E-state index contributed by atoms with van der Waals surface area (Å²) in [6.07, 6.45) is 8.67. The summed E-state index contributed by atoms with van der Waals surface area (Å²) in [7, 11) is 0. The predicted molar refractivity (Wildman–Crippen MR) is 74.2 cm³/mol. The van der Waals surface area contributed by atoms with E-state index in [0.29, 0.717) is 5.41 Å². The van der Waals surface area contributed by atoms with E-state index >= 15 is 0 Å². The third-order valence-electron chi connectivity index (χ3n) is 6.90. The van der Waals surface area contributed by atoms with Crippen molar-refractivity contribution in [1.82, 2.24) is 0 Å². The van der Waals surface area contributed by atoms with Crippen molar-refractivity contribution in [1.29, 1.82) is 0 Å². The van der Waals surface area contributed by atoms with Crippen LogP contribution < -0.4 is 0 Å². The van der Waals surface area contributed by atoms with Gasteiger partial charge >= 0.3 is 0 Å². The third kappa shape index (κ3) is 1.42. The van der Waals surface area contributed by atoms with Crippen molar-refractivity contribution in [2.45, 2.75) is 69.9 Å². The van der Waals surface area contributed by atoms with E-state index in [1.54, 1.807) is 0 Å². The van der Waals surface area contributed by atoms with Gasteiger partial charge in [-0.25, -0.2) is 0 Å². The molecule has 0 aromatic rings. The number of ether oxygens (including phenoxy) is 3. The standard InChI is InChI=1S/C17H26O3/c1-15(2)19-14-9-18-10-17(14,20-15)16-6-11-3-12(7-16)5-13(4-11)8-16/h11-14H,3-10H2,1-2H3/t11?,12?,13?,14-,16?,17+/m1/s1. The Morgan fingerprint density at radius 2 is 1.50 bits per heavy atom. The van der Waals surface area contributed by atoms with Gasteiger partial charge in [0.15, 0.2) is 5.79 Å². The number of rotatable bonds is 1. The summed E-state index contributed by atoms with van der Waals surface area (Å²) in [5, 5.41) is 0. The summed E-state index contributed by atoms with van der Waals surface area (Å²) in [5.41, 5.74) is 0.198. The quantitative estimate of drug-likeness (QED) is 0.737. The fourth-order valence-corrected chi connectivity index (χ4v) is 6.81. The van der Waals surface area contributed by atoms with Gasteiger partial charge in [-0.3, -0.25) is 0 Å². The van der Waals surface area contributed by atoms with Gasteiger partial charge in [0.05, 0.1) is 13.2 Å².